The Balaban J connectivity index is 2.23. The van der Waals surface area contributed by atoms with Crippen molar-refractivity contribution in [3.8, 4) is 11.3 Å². The molecule has 1 amide bonds. The molecule has 0 saturated carbocycles. The van der Waals surface area contributed by atoms with Gasteiger partial charge in [0.25, 0.3) is 5.69 Å². The lowest BCUT2D eigenvalue weighted by atomic mass is 10.1. The summed E-state index contributed by atoms with van der Waals surface area (Å²) >= 11 is 0. The molecule has 18 heavy (non-hydrogen) atoms. The fraction of sp³-hybridized carbons (Fsp3) is 0.0909. The molecule has 0 radical (unpaired) electrons. The van der Waals surface area contributed by atoms with E-state index >= 15 is 0 Å². The number of primary amides is 1. The summed E-state index contributed by atoms with van der Waals surface area (Å²) < 4.78 is 0. The standard InChI is InChI=1S/C11H10N4O3/c12-10(16)5-11-13-6-9(14-11)7-1-3-8(4-2-7)15(17)18/h1-4,6H,5H2,(H2,12,16)(H,13,14). The second-order valence-corrected chi connectivity index (χ2v) is 3.69. The highest BCUT2D eigenvalue weighted by atomic mass is 16.6. The van der Waals surface area contributed by atoms with Gasteiger partial charge in [-0.2, -0.15) is 0 Å². The molecule has 1 aromatic heterocycles. The van der Waals surface area contributed by atoms with E-state index in [1.165, 1.54) is 12.1 Å². The largest absolute Gasteiger partial charge is 0.369 e. The van der Waals surface area contributed by atoms with Gasteiger partial charge < -0.3 is 10.7 Å². The number of non-ortho nitro benzene ring substituents is 1. The van der Waals surface area contributed by atoms with E-state index in [0.29, 0.717) is 11.5 Å². The number of amides is 1. The zero-order valence-corrected chi connectivity index (χ0v) is 9.29. The highest BCUT2D eigenvalue weighted by Gasteiger charge is 2.08. The average Bonchev–Trinajstić information content (AvgIpc) is 2.76. The normalized spacial score (nSPS) is 10.2. The van der Waals surface area contributed by atoms with Crippen molar-refractivity contribution in [3.05, 3.63) is 46.4 Å². The number of nitrogens with zero attached hydrogens (tertiary/aromatic N) is 2. The minimum Gasteiger partial charge on any atom is -0.369 e. The molecule has 0 atom stereocenters. The fourth-order valence-electron chi connectivity index (χ4n) is 1.53. The molecule has 2 rings (SSSR count). The van der Waals surface area contributed by atoms with E-state index in [2.05, 4.69) is 9.97 Å². The smallest absolute Gasteiger partial charge is 0.269 e. The van der Waals surface area contributed by atoms with Crippen LogP contribution in [0.5, 0.6) is 0 Å². The van der Waals surface area contributed by atoms with Crippen LogP contribution < -0.4 is 5.73 Å². The number of rotatable bonds is 4. The molecular weight excluding hydrogens is 236 g/mol. The number of nitrogens with one attached hydrogen (secondary N) is 1. The Kier molecular flexibility index (Phi) is 3.05. The number of carbonyl (C=O) groups is 1. The van der Waals surface area contributed by atoms with Gasteiger partial charge in [-0.3, -0.25) is 14.9 Å². The molecule has 1 aromatic carbocycles. The number of nitro benzene ring substituents is 1. The average molecular weight is 246 g/mol. The molecule has 0 unspecified atom stereocenters. The minimum absolute atomic E-state index is 0.0237. The van der Waals surface area contributed by atoms with Crippen molar-refractivity contribution in [3.63, 3.8) is 0 Å². The zero-order valence-electron chi connectivity index (χ0n) is 9.29. The maximum absolute atomic E-state index is 10.7. The van der Waals surface area contributed by atoms with Crippen LogP contribution in [0.4, 0.5) is 5.69 Å². The topological polar surface area (TPSA) is 115 Å². The number of hydrogen-bond donors (Lipinski definition) is 2. The van der Waals surface area contributed by atoms with Gasteiger partial charge in [0, 0.05) is 17.7 Å². The molecule has 3 N–H and O–H groups in total. The summed E-state index contributed by atoms with van der Waals surface area (Å²) in [5, 5.41) is 10.5. The van der Waals surface area contributed by atoms with Crippen LogP contribution in [0.2, 0.25) is 0 Å². The third kappa shape index (κ3) is 2.51. The summed E-state index contributed by atoms with van der Waals surface area (Å²) in [6.45, 7) is 0. The molecule has 0 bridgehead atoms. The summed E-state index contributed by atoms with van der Waals surface area (Å²) in [7, 11) is 0. The third-order valence-electron chi connectivity index (χ3n) is 2.36. The van der Waals surface area contributed by atoms with Crippen molar-refractivity contribution in [2.24, 2.45) is 5.73 Å². The molecule has 1 heterocycles. The predicted octanol–water partition coefficient (Wildman–Crippen LogP) is 1.01. The van der Waals surface area contributed by atoms with Gasteiger partial charge in [-0.15, -0.1) is 0 Å². The summed E-state index contributed by atoms with van der Waals surface area (Å²) in [5.41, 5.74) is 6.51. The Morgan fingerprint density at radius 2 is 2.06 bits per heavy atom. The summed E-state index contributed by atoms with van der Waals surface area (Å²) in [4.78, 5) is 27.7. The number of benzene rings is 1. The van der Waals surface area contributed by atoms with E-state index in [9.17, 15) is 14.9 Å². The molecule has 0 saturated heterocycles. The van der Waals surface area contributed by atoms with Crippen LogP contribution in [0.3, 0.4) is 0 Å². The van der Waals surface area contributed by atoms with E-state index in [-0.39, 0.29) is 12.1 Å². The molecule has 0 aliphatic heterocycles. The van der Waals surface area contributed by atoms with Gasteiger partial charge in [-0.1, -0.05) is 0 Å². The summed E-state index contributed by atoms with van der Waals surface area (Å²) in [5.74, 6) is -0.00421. The fourth-order valence-corrected chi connectivity index (χ4v) is 1.53. The van der Waals surface area contributed by atoms with E-state index < -0.39 is 10.8 Å². The van der Waals surface area contributed by atoms with Crippen LogP contribution >= 0.6 is 0 Å². The predicted molar refractivity (Wildman–Crippen MR) is 63.6 cm³/mol. The first-order chi connectivity index (χ1) is 8.56. The Morgan fingerprint density at radius 3 is 2.61 bits per heavy atom. The molecule has 92 valence electrons. The van der Waals surface area contributed by atoms with Crippen LogP contribution in [-0.4, -0.2) is 20.8 Å². The van der Waals surface area contributed by atoms with Gasteiger partial charge in [0.05, 0.1) is 23.2 Å². The monoisotopic (exact) mass is 246 g/mol. The maximum Gasteiger partial charge on any atom is 0.269 e. The number of nitrogens with two attached hydrogens (primary N) is 1. The van der Waals surface area contributed by atoms with Crippen LogP contribution in [-0.2, 0) is 11.2 Å². The van der Waals surface area contributed by atoms with Crippen LogP contribution in [0.15, 0.2) is 30.5 Å². The summed E-state index contributed by atoms with van der Waals surface area (Å²) in [6, 6.07) is 6.03. The number of aromatic nitrogens is 2. The molecular formula is C11H10N4O3. The third-order valence-corrected chi connectivity index (χ3v) is 2.36. The number of hydrogen-bond acceptors (Lipinski definition) is 4. The molecule has 7 nitrogen and oxygen atoms in total. The van der Waals surface area contributed by atoms with E-state index in [0.717, 1.165) is 5.56 Å². The number of imidazole rings is 1. The maximum atomic E-state index is 10.7. The van der Waals surface area contributed by atoms with Gasteiger partial charge >= 0.3 is 0 Å². The molecule has 0 spiro atoms. The zero-order chi connectivity index (χ0) is 13.1. The van der Waals surface area contributed by atoms with Crippen molar-refractivity contribution in [1.29, 1.82) is 0 Å². The van der Waals surface area contributed by atoms with Crippen LogP contribution in [0.1, 0.15) is 5.82 Å². The van der Waals surface area contributed by atoms with Gasteiger partial charge in [0.1, 0.15) is 5.82 Å². The SMILES string of the molecule is NC(=O)Cc1ncc(-c2ccc([N+](=O)[O-])cc2)[nH]1. The lowest BCUT2D eigenvalue weighted by Crippen LogP contribution is -2.14. The van der Waals surface area contributed by atoms with Gasteiger partial charge in [0.2, 0.25) is 5.91 Å². The Labute approximate surface area is 102 Å². The van der Waals surface area contributed by atoms with Crippen molar-refractivity contribution in [1.82, 2.24) is 9.97 Å². The first-order valence-electron chi connectivity index (χ1n) is 5.13. The first-order valence-corrected chi connectivity index (χ1v) is 5.13. The van der Waals surface area contributed by atoms with Crippen molar-refractivity contribution in [2.45, 2.75) is 6.42 Å². The molecule has 0 aliphatic carbocycles. The Morgan fingerprint density at radius 1 is 1.39 bits per heavy atom. The number of aromatic amines is 1. The Hall–Kier alpha value is -2.70. The lowest BCUT2D eigenvalue weighted by Gasteiger charge is -1.97. The molecule has 2 aromatic rings. The highest BCUT2D eigenvalue weighted by Crippen LogP contribution is 2.20. The van der Waals surface area contributed by atoms with Gasteiger partial charge in [-0.25, -0.2) is 4.98 Å². The second-order valence-electron chi connectivity index (χ2n) is 3.69. The molecule has 7 heteroatoms. The second kappa shape index (κ2) is 4.66. The minimum atomic E-state index is -0.473. The van der Waals surface area contributed by atoms with Crippen molar-refractivity contribution < 1.29 is 9.72 Å². The number of nitro groups is 1. The number of H-pyrrole nitrogens is 1. The highest BCUT2D eigenvalue weighted by molar-refractivity contribution is 5.76. The van der Waals surface area contributed by atoms with Crippen LogP contribution in [0.25, 0.3) is 11.3 Å². The van der Waals surface area contributed by atoms with Crippen LogP contribution in [0, 0.1) is 10.1 Å². The molecule has 0 aliphatic rings. The number of carbonyl (C=O) groups excluding carboxylic acids is 1. The van der Waals surface area contributed by atoms with E-state index in [1.54, 1.807) is 18.3 Å². The van der Waals surface area contributed by atoms with Gasteiger partial charge in [0.15, 0.2) is 0 Å². The van der Waals surface area contributed by atoms with Crippen molar-refractivity contribution >= 4 is 11.6 Å². The van der Waals surface area contributed by atoms with E-state index in [4.69, 9.17) is 5.73 Å². The van der Waals surface area contributed by atoms with Crippen molar-refractivity contribution in [2.75, 3.05) is 0 Å². The molecule has 0 fully saturated rings. The Bertz CT molecular complexity index is 589. The first kappa shape index (κ1) is 11.8. The summed E-state index contributed by atoms with van der Waals surface area (Å²) in [6.07, 6.45) is 1.59. The van der Waals surface area contributed by atoms with E-state index in [1.807, 2.05) is 0 Å². The van der Waals surface area contributed by atoms with Gasteiger partial charge in [-0.05, 0) is 12.1 Å². The lowest BCUT2D eigenvalue weighted by molar-refractivity contribution is -0.384. The quantitative estimate of drug-likeness (QED) is 0.618.